The molecule has 0 aliphatic rings. The van der Waals surface area contributed by atoms with Crippen molar-refractivity contribution in [1.82, 2.24) is 0 Å². The van der Waals surface area contributed by atoms with Crippen molar-refractivity contribution in [3.05, 3.63) is 35.9 Å². The maximum Gasteiger partial charge on any atom is 0.186 e. The first-order valence-electron chi connectivity index (χ1n) is 7.46. The van der Waals surface area contributed by atoms with Crippen molar-refractivity contribution < 1.29 is 14.3 Å². The molecule has 0 amide bonds. The maximum absolute atomic E-state index is 9.87. The van der Waals surface area contributed by atoms with Gasteiger partial charge in [0.2, 0.25) is 0 Å². The summed E-state index contributed by atoms with van der Waals surface area (Å²) >= 11 is 1.74. The van der Waals surface area contributed by atoms with E-state index in [1.54, 1.807) is 18.9 Å². The lowest BCUT2D eigenvalue weighted by molar-refractivity contribution is 0.0486. The van der Waals surface area contributed by atoms with Crippen molar-refractivity contribution >= 4 is 20.1 Å². The second-order valence-corrected chi connectivity index (χ2v) is 11.3. The fourth-order valence-corrected chi connectivity index (χ4v) is 3.97. The molecule has 21 heavy (non-hydrogen) atoms. The first-order valence-corrected chi connectivity index (χ1v) is 11.7. The number of aliphatic hydroxyl groups is 1. The van der Waals surface area contributed by atoms with E-state index >= 15 is 0 Å². The zero-order valence-electron chi connectivity index (χ0n) is 13.4. The van der Waals surface area contributed by atoms with Crippen LogP contribution in [0.3, 0.4) is 0 Å². The van der Waals surface area contributed by atoms with Crippen LogP contribution in [0.4, 0.5) is 0 Å². The number of benzene rings is 1. The topological polar surface area (TPSA) is 38.7 Å². The fourth-order valence-electron chi connectivity index (χ4n) is 1.86. The van der Waals surface area contributed by atoms with Crippen LogP contribution in [0.15, 0.2) is 30.3 Å². The molecule has 5 heteroatoms. The van der Waals surface area contributed by atoms with Gasteiger partial charge in [0, 0.05) is 25.2 Å². The number of ether oxygens (including phenoxy) is 1. The molecule has 0 bridgehead atoms. The molecule has 1 unspecified atom stereocenters. The molecule has 0 saturated heterocycles. The average Bonchev–Trinajstić information content (AvgIpc) is 2.48. The van der Waals surface area contributed by atoms with Crippen molar-refractivity contribution in [3.63, 3.8) is 0 Å². The molecule has 1 N–H and O–H groups in total. The highest BCUT2D eigenvalue weighted by molar-refractivity contribution is 7.98. The second kappa shape index (κ2) is 10.4. The second-order valence-electron chi connectivity index (χ2n) is 5.80. The van der Waals surface area contributed by atoms with E-state index in [9.17, 15) is 5.11 Å². The number of hydrogen-bond donors (Lipinski definition) is 1. The highest BCUT2D eigenvalue weighted by atomic mass is 32.2. The maximum atomic E-state index is 9.87. The Morgan fingerprint density at radius 2 is 1.95 bits per heavy atom. The largest absolute Gasteiger partial charge is 0.420 e. The van der Waals surface area contributed by atoms with Gasteiger partial charge in [-0.2, -0.15) is 11.8 Å². The summed E-state index contributed by atoms with van der Waals surface area (Å²) in [6, 6.07) is 11.4. The summed E-state index contributed by atoms with van der Waals surface area (Å²) in [6.07, 6.45) is 0.628. The Balaban J connectivity index is 2.00. The van der Waals surface area contributed by atoms with E-state index in [0.717, 1.165) is 18.2 Å². The standard InChI is InChI=1S/C16H28O3SSi/c1-18-21(2,3)11-7-10-19-12-16(17)14-20-13-15-8-5-4-6-9-15/h4-6,8-9,16-17H,7,10-14H2,1-3H3. The van der Waals surface area contributed by atoms with Crippen LogP contribution in [-0.4, -0.2) is 45.6 Å². The summed E-state index contributed by atoms with van der Waals surface area (Å²) in [4.78, 5) is 0. The van der Waals surface area contributed by atoms with Gasteiger partial charge in [0.25, 0.3) is 0 Å². The SMILES string of the molecule is CO[Si](C)(C)CCCOCC(O)CSCc1ccccc1. The van der Waals surface area contributed by atoms with Crippen LogP contribution in [0.2, 0.25) is 19.1 Å². The third kappa shape index (κ3) is 9.32. The lowest BCUT2D eigenvalue weighted by atomic mass is 10.2. The zero-order chi connectivity index (χ0) is 15.6. The third-order valence-electron chi connectivity index (χ3n) is 3.35. The summed E-state index contributed by atoms with van der Waals surface area (Å²) in [7, 11) is 0.333. The summed E-state index contributed by atoms with van der Waals surface area (Å²) < 4.78 is 11.0. The Kier molecular flexibility index (Phi) is 9.27. The molecule has 0 aliphatic carbocycles. The molecule has 0 radical (unpaired) electrons. The Bertz CT molecular complexity index is 373. The molecule has 0 aliphatic heterocycles. The molecular formula is C16H28O3SSi. The normalized spacial score (nSPS) is 13.3. The summed E-state index contributed by atoms with van der Waals surface area (Å²) in [5, 5.41) is 9.87. The molecule has 1 aromatic carbocycles. The van der Waals surface area contributed by atoms with Gasteiger partial charge in [0.1, 0.15) is 0 Å². The number of hydrogen-bond acceptors (Lipinski definition) is 4. The Morgan fingerprint density at radius 1 is 1.24 bits per heavy atom. The Hall–Kier alpha value is -0.333. The molecule has 1 rings (SSSR count). The quantitative estimate of drug-likeness (QED) is 0.498. The molecule has 0 heterocycles. The van der Waals surface area contributed by atoms with E-state index in [1.165, 1.54) is 5.56 Å². The van der Waals surface area contributed by atoms with Crippen LogP contribution in [0.5, 0.6) is 0 Å². The van der Waals surface area contributed by atoms with Crippen molar-refractivity contribution in [1.29, 1.82) is 0 Å². The minimum Gasteiger partial charge on any atom is -0.420 e. The summed E-state index contributed by atoms with van der Waals surface area (Å²) in [5.74, 6) is 1.65. The minimum atomic E-state index is -1.46. The van der Waals surface area contributed by atoms with Crippen LogP contribution in [0, 0.1) is 0 Å². The molecule has 1 atom stereocenters. The molecule has 1 aromatic rings. The number of rotatable bonds is 11. The molecule has 0 fully saturated rings. The molecule has 0 spiro atoms. The van der Waals surface area contributed by atoms with Crippen LogP contribution in [0.1, 0.15) is 12.0 Å². The van der Waals surface area contributed by atoms with Crippen LogP contribution in [-0.2, 0) is 14.9 Å². The van der Waals surface area contributed by atoms with Crippen LogP contribution < -0.4 is 0 Å². The lowest BCUT2D eigenvalue weighted by Crippen LogP contribution is -2.28. The molecular weight excluding hydrogens is 300 g/mol. The Morgan fingerprint density at radius 3 is 2.62 bits per heavy atom. The predicted octanol–water partition coefficient (Wildman–Crippen LogP) is 3.54. The third-order valence-corrected chi connectivity index (χ3v) is 7.17. The van der Waals surface area contributed by atoms with E-state index in [1.807, 2.05) is 18.2 Å². The van der Waals surface area contributed by atoms with Crippen LogP contribution >= 0.6 is 11.8 Å². The average molecular weight is 329 g/mol. The van der Waals surface area contributed by atoms with Gasteiger partial charge in [-0.15, -0.1) is 0 Å². The molecule has 0 saturated carbocycles. The monoisotopic (exact) mass is 328 g/mol. The van der Waals surface area contributed by atoms with E-state index in [0.29, 0.717) is 19.0 Å². The summed E-state index contributed by atoms with van der Waals surface area (Å²) in [6.45, 7) is 5.56. The highest BCUT2D eigenvalue weighted by Gasteiger charge is 2.19. The van der Waals surface area contributed by atoms with Gasteiger partial charge in [-0.25, -0.2) is 0 Å². The van der Waals surface area contributed by atoms with Gasteiger partial charge < -0.3 is 14.3 Å². The van der Waals surface area contributed by atoms with Gasteiger partial charge >= 0.3 is 0 Å². The minimum absolute atomic E-state index is 0.383. The van der Waals surface area contributed by atoms with Crippen molar-refractivity contribution in [3.8, 4) is 0 Å². The van der Waals surface area contributed by atoms with E-state index in [4.69, 9.17) is 9.16 Å². The molecule has 120 valence electrons. The first-order chi connectivity index (χ1) is 10.0. The van der Waals surface area contributed by atoms with Gasteiger partial charge in [0.15, 0.2) is 8.32 Å². The van der Waals surface area contributed by atoms with E-state index in [-0.39, 0.29) is 6.10 Å². The van der Waals surface area contributed by atoms with E-state index in [2.05, 4.69) is 25.2 Å². The van der Waals surface area contributed by atoms with E-state index < -0.39 is 8.32 Å². The predicted molar refractivity (Wildman–Crippen MR) is 93.3 cm³/mol. The van der Waals surface area contributed by atoms with Gasteiger partial charge in [-0.3, -0.25) is 0 Å². The van der Waals surface area contributed by atoms with Crippen molar-refractivity contribution in [2.24, 2.45) is 0 Å². The van der Waals surface area contributed by atoms with Gasteiger partial charge in [0.05, 0.1) is 12.7 Å². The lowest BCUT2D eigenvalue weighted by Gasteiger charge is -2.19. The fraction of sp³-hybridized carbons (Fsp3) is 0.625. The van der Waals surface area contributed by atoms with Gasteiger partial charge in [-0.05, 0) is 31.1 Å². The molecule has 0 aromatic heterocycles. The smallest absolute Gasteiger partial charge is 0.186 e. The van der Waals surface area contributed by atoms with Crippen molar-refractivity contribution in [2.45, 2.75) is 37.4 Å². The zero-order valence-corrected chi connectivity index (χ0v) is 15.2. The number of thioether (sulfide) groups is 1. The van der Waals surface area contributed by atoms with Crippen LogP contribution in [0.25, 0.3) is 0 Å². The van der Waals surface area contributed by atoms with Gasteiger partial charge in [-0.1, -0.05) is 30.3 Å². The highest BCUT2D eigenvalue weighted by Crippen LogP contribution is 2.14. The first kappa shape index (κ1) is 18.7. The summed E-state index contributed by atoms with van der Waals surface area (Å²) in [5.41, 5.74) is 1.29. The molecule has 3 nitrogen and oxygen atoms in total. The Labute approximate surface area is 134 Å². The van der Waals surface area contributed by atoms with Crippen molar-refractivity contribution in [2.75, 3.05) is 26.1 Å². The number of aliphatic hydroxyl groups excluding tert-OH is 1.